The van der Waals surface area contributed by atoms with E-state index in [1.807, 2.05) is 0 Å². The number of nitrogens with one attached hydrogen (secondary N) is 1. The molecule has 1 saturated carbocycles. The molecular weight excluding hydrogens is 374 g/mol. The fourth-order valence-electron chi connectivity index (χ4n) is 3.40. The normalized spacial score (nSPS) is 24.6. The van der Waals surface area contributed by atoms with E-state index in [4.69, 9.17) is 13.7 Å². The van der Waals surface area contributed by atoms with Gasteiger partial charge in [0, 0.05) is 24.8 Å². The second-order valence-electron chi connectivity index (χ2n) is 8.07. The van der Waals surface area contributed by atoms with Crippen LogP contribution in [-0.2, 0) is 33.4 Å². The number of rotatable bonds is 9. The maximum atomic E-state index is 12.3. The molecule has 2 atom stereocenters. The third-order valence-corrected chi connectivity index (χ3v) is 6.28. The minimum Gasteiger partial charge on any atom is -0.433 e. The first-order chi connectivity index (χ1) is 12.6. The summed E-state index contributed by atoms with van der Waals surface area (Å²) in [4.78, 5) is 23.1. The van der Waals surface area contributed by atoms with Crippen molar-refractivity contribution in [1.29, 1.82) is 0 Å². The van der Waals surface area contributed by atoms with Crippen LogP contribution in [0.2, 0.25) is 0 Å². The van der Waals surface area contributed by atoms with Crippen molar-refractivity contribution >= 4 is 22.0 Å². The zero-order valence-electron chi connectivity index (χ0n) is 16.4. The molecule has 0 bridgehead atoms. The standard InChI is InChI=1S/C18H31NO7S/c1-13(20)19-10-7-11-27(22,23)24-12-18(2,3)15-16(21)26-17(25-15)14-8-5-4-6-9-14/h14-15,17H,4-12H2,1-3H3,(H,19,20)/t15-,17?/m0/s1. The second kappa shape index (κ2) is 9.34. The van der Waals surface area contributed by atoms with Crippen LogP contribution >= 0.6 is 0 Å². The van der Waals surface area contributed by atoms with Gasteiger partial charge in [-0.25, -0.2) is 4.79 Å². The van der Waals surface area contributed by atoms with E-state index in [9.17, 15) is 18.0 Å². The topological polar surface area (TPSA) is 108 Å². The molecule has 1 amide bonds. The highest BCUT2D eigenvalue weighted by atomic mass is 32.2. The van der Waals surface area contributed by atoms with Crippen molar-refractivity contribution in [2.45, 2.75) is 71.7 Å². The monoisotopic (exact) mass is 405 g/mol. The number of amides is 1. The van der Waals surface area contributed by atoms with Crippen LogP contribution in [-0.4, -0.2) is 51.6 Å². The zero-order chi connectivity index (χ0) is 20.1. The van der Waals surface area contributed by atoms with E-state index in [0.717, 1.165) is 25.7 Å². The first-order valence-corrected chi connectivity index (χ1v) is 11.2. The van der Waals surface area contributed by atoms with Crippen molar-refractivity contribution in [2.24, 2.45) is 11.3 Å². The van der Waals surface area contributed by atoms with Gasteiger partial charge in [0.15, 0.2) is 6.10 Å². The molecule has 1 aliphatic carbocycles. The number of hydrogen-bond acceptors (Lipinski definition) is 7. The van der Waals surface area contributed by atoms with Crippen molar-refractivity contribution in [3.63, 3.8) is 0 Å². The van der Waals surface area contributed by atoms with E-state index in [0.29, 0.717) is 0 Å². The minimum absolute atomic E-state index is 0.174. The molecule has 0 aromatic carbocycles. The molecule has 0 radical (unpaired) electrons. The van der Waals surface area contributed by atoms with Crippen LogP contribution in [0.1, 0.15) is 59.3 Å². The van der Waals surface area contributed by atoms with E-state index in [2.05, 4.69) is 5.32 Å². The Bertz CT molecular complexity index is 626. The predicted octanol–water partition coefficient (Wildman–Crippen LogP) is 1.73. The Labute approximate surface area is 161 Å². The summed E-state index contributed by atoms with van der Waals surface area (Å²) in [7, 11) is -3.75. The van der Waals surface area contributed by atoms with Crippen LogP contribution in [0.4, 0.5) is 0 Å². The molecule has 1 unspecified atom stereocenters. The lowest BCUT2D eigenvalue weighted by molar-refractivity contribution is -0.149. The Balaban J connectivity index is 1.84. The van der Waals surface area contributed by atoms with E-state index in [1.165, 1.54) is 13.3 Å². The maximum absolute atomic E-state index is 12.3. The number of esters is 1. The minimum atomic E-state index is -3.75. The van der Waals surface area contributed by atoms with Crippen molar-refractivity contribution < 1.29 is 31.7 Å². The SMILES string of the molecule is CC(=O)NCCCS(=O)(=O)OCC(C)(C)[C@H]1OC(C2CCCCC2)OC1=O. The van der Waals surface area contributed by atoms with Crippen LogP contribution < -0.4 is 5.32 Å². The summed E-state index contributed by atoms with van der Waals surface area (Å²) in [6.07, 6.45) is 4.23. The predicted molar refractivity (Wildman–Crippen MR) is 98.1 cm³/mol. The molecule has 1 saturated heterocycles. The Morgan fingerprint density at radius 2 is 1.93 bits per heavy atom. The van der Waals surface area contributed by atoms with Crippen LogP contribution in [0, 0.1) is 11.3 Å². The largest absolute Gasteiger partial charge is 0.433 e. The Hall–Kier alpha value is -1.19. The summed E-state index contributed by atoms with van der Waals surface area (Å²) < 4.78 is 40.5. The fraction of sp³-hybridized carbons (Fsp3) is 0.889. The summed E-state index contributed by atoms with van der Waals surface area (Å²) in [6.45, 7) is 4.92. The van der Waals surface area contributed by atoms with Crippen molar-refractivity contribution in [2.75, 3.05) is 18.9 Å². The lowest BCUT2D eigenvalue weighted by Gasteiger charge is -2.29. The quantitative estimate of drug-likeness (QED) is 0.353. The van der Waals surface area contributed by atoms with Gasteiger partial charge in [0.1, 0.15) is 0 Å². The summed E-state index contributed by atoms with van der Waals surface area (Å²) in [5.74, 6) is -0.660. The molecule has 8 nitrogen and oxygen atoms in total. The molecule has 1 N–H and O–H groups in total. The van der Waals surface area contributed by atoms with Crippen LogP contribution in [0.5, 0.6) is 0 Å². The van der Waals surface area contributed by atoms with E-state index >= 15 is 0 Å². The molecule has 2 fully saturated rings. The van der Waals surface area contributed by atoms with Crippen LogP contribution in [0.3, 0.4) is 0 Å². The summed E-state index contributed by atoms with van der Waals surface area (Å²) in [6, 6.07) is 0. The van der Waals surface area contributed by atoms with E-state index < -0.39 is 33.9 Å². The Morgan fingerprint density at radius 3 is 2.56 bits per heavy atom. The Morgan fingerprint density at radius 1 is 1.26 bits per heavy atom. The smallest absolute Gasteiger partial charge is 0.338 e. The third kappa shape index (κ3) is 6.73. The van der Waals surface area contributed by atoms with Crippen LogP contribution in [0.15, 0.2) is 0 Å². The van der Waals surface area contributed by atoms with E-state index in [1.54, 1.807) is 13.8 Å². The van der Waals surface area contributed by atoms with Crippen LogP contribution in [0.25, 0.3) is 0 Å². The van der Waals surface area contributed by atoms with Gasteiger partial charge in [-0.2, -0.15) is 8.42 Å². The van der Waals surface area contributed by atoms with Gasteiger partial charge in [0.2, 0.25) is 12.2 Å². The van der Waals surface area contributed by atoms with Gasteiger partial charge < -0.3 is 14.8 Å². The number of hydrogen-bond donors (Lipinski definition) is 1. The molecule has 2 rings (SSSR count). The zero-order valence-corrected chi connectivity index (χ0v) is 17.2. The molecule has 0 spiro atoms. The highest BCUT2D eigenvalue weighted by Crippen LogP contribution is 2.37. The molecule has 1 aliphatic heterocycles. The van der Waals surface area contributed by atoms with Gasteiger partial charge in [-0.05, 0) is 19.3 Å². The Kier molecular flexibility index (Phi) is 7.64. The highest BCUT2D eigenvalue weighted by molar-refractivity contribution is 7.86. The first kappa shape index (κ1) is 22.1. The molecule has 156 valence electrons. The van der Waals surface area contributed by atoms with Crippen molar-refractivity contribution in [1.82, 2.24) is 5.32 Å². The molecule has 27 heavy (non-hydrogen) atoms. The number of cyclic esters (lactones) is 1. The lowest BCUT2D eigenvalue weighted by atomic mass is 9.87. The molecular formula is C18H31NO7S. The number of carbonyl (C=O) groups is 2. The first-order valence-electron chi connectivity index (χ1n) is 9.58. The van der Waals surface area contributed by atoms with Gasteiger partial charge in [-0.1, -0.05) is 33.1 Å². The molecule has 2 aliphatic rings. The third-order valence-electron chi connectivity index (χ3n) is 5.02. The van der Waals surface area contributed by atoms with Gasteiger partial charge in [0.05, 0.1) is 12.4 Å². The fourth-order valence-corrected chi connectivity index (χ4v) is 4.50. The molecule has 1 heterocycles. The number of carbonyl (C=O) groups excluding carboxylic acids is 2. The molecule has 9 heteroatoms. The molecule has 0 aromatic rings. The van der Waals surface area contributed by atoms with Gasteiger partial charge in [-0.3, -0.25) is 8.98 Å². The molecule has 0 aromatic heterocycles. The van der Waals surface area contributed by atoms with Gasteiger partial charge in [-0.15, -0.1) is 0 Å². The van der Waals surface area contributed by atoms with Gasteiger partial charge >= 0.3 is 5.97 Å². The average Bonchev–Trinajstić information content (AvgIpc) is 3.01. The average molecular weight is 406 g/mol. The summed E-state index contributed by atoms with van der Waals surface area (Å²) in [5, 5.41) is 2.54. The maximum Gasteiger partial charge on any atom is 0.338 e. The number of ether oxygens (including phenoxy) is 2. The van der Waals surface area contributed by atoms with Gasteiger partial charge in [0.25, 0.3) is 10.1 Å². The van der Waals surface area contributed by atoms with Crippen molar-refractivity contribution in [3.05, 3.63) is 0 Å². The lowest BCUT2D eigenvalue weighted by Crippen LogP contribution is -2.39. The summed E-state index contributed by atoms with van der Waals surface area (Å²) in [5.41, 5.74) is -0.842. The highest BCUT2D eigenvalue weighted by Gasteiger charge is 2.48. The summed E-state index contributed by atoms with van der Waals surface area (Å²) >= 11 is 0. The second-order valence-corrected chi connectivity index (χ2v) is 9.83. The van der Waals surface area contributed by atoms with E-state index in [-0.39, 0.29) is 37.2 Å². The van der Waals surface area contributed by atoms with Crippen molar-refractivity contribution in [3.8, 4) is 0 Å².